The number of hydrogen-bond acceptors (Lipinski definition) is 14. The van der Waals surface area contributed by atoms with Crippen LogP contribution in [0.4, 0.5) is 0 Å². The zero-order chi connectivity index (χ0) is 51.2. The molecule has 0 aromatic heterocycles. The highest BCUT2D eigenvalue weighted by Crippen LogP contribution is 2.38. The van der Waals surface area contributed by atoms with Crippen molar-refractivity contribution in [3.8, 4) is 0 Å². The maximum Gasteiger partial charge on any atom is 0.329 e. The van der Waals surface area contributed by atoms with Crippen LogP contribution in [0.2, 0.25) is 0 Å². The first-order valence-electron chi connectivity index (χ1n) is 25.6. The largest absolute Gasteiger partial charge is 0.460 e. The summed E-state index contributed by atoms with van der Waals surface area (Å²) in [5, 5.41) is 44.5. The van der Waals surface area contributed by atoms with E-state index in [1.165, 1.54) is 12.0 Å². The summed E-state index contributed by atoms with van der Waals surface area (Å²) in [5.74, 6) is -8.27. The fraction of sp³-hybridized carbons (Fsp3) is 0.759. The third-order valence-corrected chi connectivity index (χ3v) is 15.2. The SMILES string of the molecule is CCC(O)COC1C[C@@H]2CC[C@@H](C)[C@@](O)(O2)C(=O)C(=O)N2CCCC[C@H]2C(=O)O[C@H]([C@H](C)C[C@@H]2CC[C@@H](O)[C@H](OC)C2)CC(=O)[C@H](C)/C=C(\C)[C@@H](O)[C@@H](OC)C(=O)[C@H](C)C[C@H](C)/C=C/C=C/C=C/1C. The second kappa shape index (κ2) is 27.4. The molecule has 3 heterocycles. The van der Waals surface area contributed by atoms with Gasteiger partial charge >= 0.3 is 5.97 Å². The van der Waals surface area contributed by atoms with Gasteiger partial charge in [-0.25, -0.2) is 4.79 Å². The van der Waals surface area contributed by atoms with Gasteiger partial charge in [0.15, 0.2) is 5.78 Å². The molecule has 1 saturated carbocycles. The van der Waals surface area contributed by atoms with E-state index >= 15 is 0 Å². The molecule has 2 unspecified atom stereocenters. The zero-order valence-corrected chi connectivity index (χ0v) is 43.0. The fourth-order valence-electron chi connectivity index (χ4n) is 10.4. The van der Waals surface area contributed by atoms with E-state index in [0.717, 1.165) is 5.57 Å². The number of aliphatic hydroxyl groups is 4. The minimum absolute atomic E-state index is 0.0132. The lowest BCUT2D eigenvalue weighted by atomic mass is 9.78. The van der Waals surface area contributed by atoms with E-state index in [0.29, 0.717) is 69.8 Å². The molecule has 0 spiro atoms. The number of esters is 1. The van der Waals surface area contributed by atoms with Crippen molar-refractivity contribution in [1.82, 2.24) is 4.90 Å². The van der Waals surface area contributed by atoms with Crippen LogP contribution in [0.1, 0.15) is 139 Å². The van der Waals surface area contributed by atoms with Gasteiger partial charge in [-0.15, -0.1) is 0 Å². The van der Waals surface area contributed by atoms with Gasteiger partial charge in [0.25, 0.3) is 11.7 Å². The van der Waals surface area contributed by atoms with Crippen molar-refractivity contribution in [3.63, 3.8) is 0 Å². The maximum absolute atomic E-state index is 14.4. The molecule has 4 aliphatic rings. The lowest BCUT2D eigenvalue weighted by Crippen LogP contribution is -2.61. The highest BCUT2D eigenvalue weighted by atomic mass is 16.6. The smallest absolute Gasteiger partial charge is 0.329 e. The summed E-state index contributed by atoms with van der Waals surface area (Å²) in [4.78, 5) is 72.2. The second-order valence-corrected chi connectivity index (χ2v) is 20.8. The van der Waals surface area contributed by atoms with Crippen LogP contribution in [-0.2, 0) is 47.7 Å². The van der Waals surface area contributed by atoms with Crippen molar-refractivity contribution in [2.24, 2.45) is 35.5 Å². The van der Waals surface area contributed by atoms with Gasteiger partial charge in [0, 0.05) is 51.4 Å². The molecule has 1 amide bonds. The average molecular weight is 972 g/mol. The molecule has 390 valence electrons. The quantitative estimate of drug-likeness (QED) is 0.113. The number of rotatable bonds is 9. The number of hydrogen-bond donors (Lipinski definition) is 4. The van der Waals surface area contributed by atoms with Crippen molar-refractivity contribution in [1.29, 1.82) is 0 Å². The van der Waals surface area contributed by atoms with Gasteiger partial charge in [-0.3, -0.25) is 19.2 Å². The molecular formula is C54H85NO14. The fourth-order valence-corrected chi connectivity index (χ4v) is 10.4. The molecule has 15 heteroatoms. The summed E-state index contributed by atoms with van der Waals surface area (Å²) in [5.41, 5.74) is 1.18. The van der Waals surface area contributed by atoms with Crippen molar-refractivity contribution >= 4 is 29.2 Å². The van der Waals surface area contributed by atoms with Gasteiger partial charge < -0.3 is 49.0 Å². The van der Waals surface area contributed by atoms with E-state index in [9.17, 15) is 44.4 Å². The highest BCUT2D eigenvalue weighted by Gasteiger charge is 2.53. The first-order chi connectivity index (χ1) is 32.6. The standard InChI is InChI=1S/C54H85NO14/c1-11-40(56)31-67-45-29-41-22-20-38(8)54(64,69-41)51(61)52(62)55-24-16-15-19-42(55)53(63)68-46(35(5)27-39-21-23-43(57)47(28-39)65-9)30-44(58)34(4)26-37(7)49(60)50(66-10)48(59)36(6)25-32(2)17-13-12-14-18-33(45)3/h12-14,17-18,26,32,34-36,38-43,45-47,49-50,56-57,60,64H,11,15-16,19-25,27-31H2,1-10H3/b14-12+,17-13+,33-18+,37-26+/t32-,34-,35-,36-,38-,39+,40?,41+,42+,43-,45?,46+,47-,49-,50+,54-/m1/s1. The first kappa shape index (κ1) is 58.2. The lowest BCUT2D eigenvalue weighted by Gasteiger charge is -2.43. The third-order valence-electron chi connectivity index (χ3n) is 15.2. The van der Waals surface area contributed by atoms with Gasteiger partial charge in [-0.1, -0.05) is 78.0 Å². The van der Waals surface area contributed by atoms with E-state index < -0.39 is 90.0 Å². The molecule has 0 aromatic carbocycles. The number of ketones is 3. The van der Waals surface area contributed by atoms with E-state index in [4.69, 9.17) is 23.7 Å². The van der Waals surface area contributed by atoms with Crippen LogP contribution in [-0.4, -0.2) is 143 Å². The molecule has 1 aliphatic carbocycles. The summed E-state index contributed by atoms with van der Waals surface area (Å²) in [6.07, 6.45) is 10.2. The van der Waals surface area contributed by atoms with Gasteiger partial charge in [-0.05, 0) is 113 Å². The topological polar surface area (TPSA) is 216 Å². The zero-order valence-electron chi connectivity index (χ0n) is 43.0. The number of piperidine rings is 1. The van der Waals surface area contributed by atoms with Crippen LogP contribution >= 0.6 is 0 Å². The molecule has 69 heavy (non-hydrogen) atoms. The molecule has 4 N–H and O–H groups in total. The summed E-state index contributed by atoms with van der Waals surface area (Å²) < 4.78 is 29.9. The van der Waals surface area contributed by atoms with E-state index in [1.807, 2.05) is 58.1 Å². The minimum Gasteiger partial charge on any atom is -0.460 e. The molecule has 15 nitrogen and oxygen atoms in total. The number of allylic oxidation sites excluding steroid dienone is 6. The Bertz CT molecular complexity index is 1840. The normalized spacial score (nSPS) is 39.2. The number of fused-ring (bicyclic) bond motifs is 3. The Balaban J connectivity index is 1.73. The number of carbonyl (C=O) groups excluding carboxylic acids is 5. The summed E-state index contributed by atoms with van der Waals surface area (Å²) in [6, 6.07) is -1.17. The van der Waals surface area contributed by atoms with Crippen molar-refractivity contribution in [2.45, 2.75) is 200 Å². The Morgan fingerprint density at radius 3 is 2.29 bits per heavy atom. The molecule has 16 atom stereocenters. The number of nitrogens with zero attached hydrogens (tertiary/aromatic N) is 1. The Morgan fingerprint density at radius 1 is 0.884 bits per heavy atom. The van der Waals surface area contributed by atoms with Crippen molar-refractivity contribution < 1.29 is 68.1 Å². The number of ether oxygens (including phenoxy) is 5. The number of amides is 1. The number of methoxy groups -OCH3 is 2. The molecule has 2 bridgehead atoms. The first-order valence-corrected chi connectivity index (χ1v) is 25.6. The molecule has 3 fully saturated rings. The van der Waals surface area contributed by atoms with Crippen LogP contribution in [0.25, 0.3) is 0 Å². The van der Waals surface area contributed by atoms with Gasteiger partial charge in [-0.2, -0.15) is 0 Å². The Kier molecular flexibility index (Phi) is 23.1. The van der Waals surface area contributed by atoms with Gasteiger partial charge in [0.1, 0.15) is 30.1 Å². The Hall–Kier alpha value is -3.41. The van der Waals surface area contributed by atoms with E-state index in [2.05, 4.69) is 0 Å². The molecule has 2 saturated heterocycles. The Morgan fingerprint density at radius 2 is 1.61 bits per heavy atom. The molecule has 0 radical (unpaired) electrons. The summed E-state index contributed by atoms with van der Waals surface area (Å²) >= 11 is 0. The Labute approximate surface area is 411 Å². The van der Waals surface area contributed by atoms with Crippen molar-refractivity contribution in [2.75, 3.05) is 27.4 Å². The van der Waals surface area contributed by atoms with Gasteiger partial charge in [0.2, 0.25) is 5.79 Å². The monoisotopic (exact) mass is 972 g/mol. The van der Waals surface area contributed by atoms with Gasteiger partial charge in [0.05, 0.1) is 37.1 Å². The van der Waals surface area contributed by atoms with Crippen molar-refractivity contribution in [3.05, 3.63) is 47.6 Å². The summed E-state index contributed by atoms with van der Waals surface area (Å²) in [6.45, 7) is 14.5. The second-order valence-electron chi connectivity index (χ2n) is 20.8. The van der Waals surface area contributed by atoms with E-state index in [1.54, 1.807) is 40.9 Å². The third kappa shape index (κ3) is 16.0. The van der Waals surface area contributed by atoms with Crippen LogP contribution in [0, 0.1) is 35.5 Å². The number of Topliss-reactive ketones (excluding diaryl/α,β-unsaturated/α-hetero) is 3. The van der Waals surface area contributed by atoms with Crippen LogP contribution in [0.3, 0.4) is 0 Å². The lowest BCUT2D eigenvalue weighted by molar-refractivity contribution is -0.266. The van der Waals surface area contributed by atoms with Crippen LogP contribution in [0.5, 0.6) is 0 Å². The van der Waals surface area contributed by atoms with Crippen LogP contribution in [0.15, 0.2) is 47.6 Å². The highest BCUT2D eigenvalue weighted by molar-refractivity contribution is 6.39. The maximum atomic E-state index is 14.4. The number of cyclic esters (lactones) is 1. The summed E-state index contributed by atoms with van der Waals surface area (Å²) in [7, 11) is 2.93. The average Bonchev–Trinajstić information content (AvgIpc) is 3.32. The molecule has 0 aromatic rings. The molecular weight excluding hydrogens is 887 g/mol. The predicted octanol–water partition coefficient (Wildman–Crippen LogP) is 6.32. The van der Waals surface area contributed by atoms with E-state index in [-0.39, 0.29) is 67.8 Å². The van der Waals surface area contributed by atoms with Crippen LogP contribution < -0.4 is 0 Å². The molecule has 3 aliphatic heterocycles. The number of aliphatic hydroxyl groups excluding tert-OH is 3. The number of carbonyl (C=O) groups is 5. The molecule has 4 rings (SSSR count). The predicted molar refractivity (Wildman–Crippen MR) is 260 cm³/mol. The minimum atomic E-state index is -2.49.